The van der Waals surface area contributed by atoms with Crippen LogP contribution in [0.2, 0.25) is 0 Å². The first-order chi connectivity index (χ1) is 11.2. The van der Waals surface area contributed by atoms with Crippen molar-refractivity contribution < 1.29 is 9.59 Å². The predicted molar refractivity (Wildman–Crippen MR) is 97.9 cm³/mol. The van der Waals surface area contributed by atoms with E-state index >= 15 is 0 Å². The van der Waals surface area contributed by atoms with Crippen molar-refractivity contribution in [1.82, 2.24) is 10.6 Å². The number of amides is 1. The molecule has 4 nitrogen and oxygen atoms in total. The molecular formula is C19H27ClN2O2. The third kappa shape index (κ3) is 5.05. The van der Waals surface area contributed by atoms with Gasteiger partial charge in [0.15, 0.2) is 5.78 Å². The SMILES string of the molecule is Cl.O=C(CCC(=O)c1ccc2c(c1)CCCC2)NC1CCNCC1. The van der Waals surface area contributed by atoms with Gasteiger partial charge in [-0.1, -0.05) is 12.1 Å². The van der Waals surface area contributed by atoms with Gasteiger partial charge in [0.25, 0.3) is 0 Å². The minimum absolute atomic E-state index is 0. The van der Waals surface area contributed by atoms with Gasteiger partial charge >= 0.3 is 0 Å². The Hall–Kier alpha value is -1.39. The zero-order valence-electron chi connectivity index (χ0n) is 14.1. The van der Waals surface area contributed by atoms with Gasteiger partial charge in [-0.05, 0) is 68.8 Å². The molecule has 2 aliphatic rings. The summed E-state index contributed by atoms with van der Waals surface area (Å²) in [5.41, 5.74) is 3.47. The molecule has 1 aliphatic carbocycles. The van der Waals surface area contributed by atoms with Crippen molar-refractivity contribution >= 4 is 24.1 Å². The summed E-state index contributed by atoms with van der Waals surface area (Å²) in [6, 6.07) is 6.33. The van der Waals surface area contributed by atoms with E-state index in [1.54, 1.807) is 0 Å². The Morgan fingerprint density at radius 2 is 1.75 bits per heavy atom. The Kier molecular flexibility index (Phi) is 7.25. The maximum Gasteiger partial charge on any atom is 0.220 e. The number of piperidine rings is 1. The number of benzene rings is 1. The van der Waals surface area contributed by atoms with Gasteiger partial charge in [-0.15, -0.1) is 12.4 Å². The minimum Gasteiger partial charge on any atom is -0.353 e. The molecule has 24 heavy (non-hydrogen) atoms. The van der Waals surface area contributed by atoms with E-state index in [1.807, 2.05) is 12.1 Å². The largest absolute Gasteiger partial charge is 0.353 e. The first kappa shape index (κ1) is 18.9. The summed E-state index contributed by atoms with van der Waals surface area (Å²) in [4.78, 5) is 24.3. The van der Waals surface area contributed by atoms with Gasteiger partial charge in [0.1, 0.15) is 0 Å². The van der Waals surface area contributed by atoms with Crippen molar-refractivity contribution in [2.75, 3.05) is 13.1 Å². The van der Waals surface area contributed by atoms with Crippen LogP contribution in [-0.2, 0) is 17.6 Å². The second-order valence-electron chi connectivity index (χ2n) is 6.71. The van der Waals surface area contributed by atoms with Crippen LogP contribution in [-0.4, -0.2) is 30.8 Å². The predicted octanol–water partition coefficient (Wildman–Crippen LogP) is 2.82. The quantitative estimate of drug-likeness (QED) is 0.803. The maximum atomic E-state index is 12.3. The topological polar surface area (TPSA) is 58.2 Å². The van der Waals surface area contributed by atoms with E-state index < -0.39 is 0 Å². The average Bonchev–Trinajstić information content (AvgIpc) is 2.60. The van der Waals surface area contributed by atoms with Crippen molar-refractivity contribution in [2.45, 2.75) is 57.4 Å². The van der Waals surface area contributed by atoms with Crippen molar-refractivity contribution in [2.24, 2.45) is 0 Å². The molecule has 0 radical (unpaired) electrons. The molecule has 132 valence electrons. The van der Waals surface area contributed by atoms with Crippen LogP contribution in [0.25, 0.3) is 0 Å². The van der Waals surface area contributed by atoms with E-state index in [-0.39, 0.29) is 30.1 Å². The van der Waals surface area contributed by atoms with Crippen molar-refractivity contribution in [1.29, 1.82) is 0 Å². The summed E-state index contributed by atoms with van der Waals surface area (Å²) in [5.74, 6) is 0.0852. The number of carbonyl (C=O) groups excluding carboxylic acids is 2. The summed E-state index contributed by atoms with van der Waals surface area (Å²) < 4.78 is 0. The molecule has 2 N–H and O–H groups in total. The molecule has 1 heterocycles. The highest BCUT2D eigenvalue weighted by molar-refractivity contribution is 5.98. The zero-order chi connectivity index (χ0) is 16.1. The fraction of sp³-hybridized carbons (Fsp3) is 0.579. The highest BCUT2D eigenvalue weighted by Crippen LogP contribution is 2.23. The van der Waals surface area contributed by atoms with Crippen LogP contribution in [0.15, 0.2) is 18.2 Å². The number of halogens is 1. The summed E-state index contributed by atoms with van der Waals surface area (Å²) in [5, 5.41) is 6.32. The molecule has 0 spiro atoms. The van der Waals surface area contributed by atoms with E-state index in [0.29, 0.717) is 12.8 Å². The molecule has 1 aromatic rings. The third-order valence-electron chi connectivity index (χ3n) is 4.95. The van der Waals surface area contributed by atoms with Crippen LogP contribution < -0.4 is 10.6 Å². The number of hydrogen-bond donors (Lipinski definition) is 2. The Morgan fingerprint density at radius 1 is 1.04 bits per heavy atom. The molecule has 3 rings (SSSR count). The van der Waals surface area contributed by atoms with Gasteiger partial charge in [-0.2, -0.15) is 0 Å². The highest BCUT2D eigenvalue weighted by Gasteiger charge is 2.17. The second kappa shape index (κ2) is 9.19. The normalized spacial score (nSPS) is 17.5. The standard InChI is InChI=1S/C19H26N2O2.ClH/c22-18(7-8-19(23)21-17-9-11-20-12-10-17)16-6-5-14-3-1-2-4-15(14)13-16;/h5-6,13,17,20H,1-4,7-12H2,(H,21,23);1H. The van der Waals surface area contributed by atoms with Crippen molar-refractivity contribution in [3.63, 3.8) is 0 Å². The highest BCUT2D eigenvalue weighted by atomic mass is 35.5. The molecule has 0 aromatic heterocycles. The van der Waals surface area contributed by atoms with E-state index in [2.05, 4.69) is 16.7 Å². The van der Waals surface area contributed by atoms with Gasteiger partial charge in [-0.25, -0.2) is 0 Å². The van der Waals surface area contributed by atoms with E-state index in [1.165, 1.54) is 24.0 Å². The molecule has 0 atom stereocenters. The first-order valence-electron chi connectivity index (χ1n) is 8.87. The van der Waals surface area contributed by atoms with Gasteiger partial charge in [0, 0.05) is 24.4 Å². The lowest BCUT2D eigenvalue weighted by Gasteiger charge is -2.23. The number of nitrogens with one attached hydrogen (secondary N) is 2. The molecule has 1 amide bonds. The van der Waals surface area contributed by atoms with Crippen LogP contribution in [0.5, 0.6) is 0 Å². The van der Waals surface area contributed by atoms with Gasteiger partial charge < -0.3 is 10.6 Å². The number of Topliss-reactive ketones (excluding diaryl/α,β-unsaturated/α-hetero) is 1. The van der Waals surface area contributed by atoms with E-state index in [0.717, 1.165) is 44.3 Å². The number of carbonyl (C=O) groups is 2. The fourth-order valence-electron chi connectivity index (χ4n) is 3.54. The van der Waals surface area contributed by atoms with Crippen molar-refractivity contribution in [3.05, 3.63) is 34.9 Å². The summed E-state index contributed by atoms with van der Waals surface area (Å²) in [6.07, 6.45) is 7.21. The lowest BCUT2D eigenvalue weighted by Crippen LogP contribution is -2.42. The number of fused-ring (bicyclic) bond motifs is 1. The Morgan fingerprint density at radius 3 is 2.50 bits per heavy atom. The number of rotatable bonds is 5. The monoisotopic (exact) mass is 350 g/mol. The van der Waals surface area contributed by atoms with Crippen LogP contribution in [0, 0.1) is 0 Å². The van der Waals surface area contributed by atoms with Gasteiger partial charge in [-0.3, -0.25) is 9.59 Å². The van der Waals surface area contributed by atoms with Crippen LogP contribution >= 0.6 is 12.4 Å². The lowest BCUT2D eigenvalue weighted by atomic mass is 9.89. The molecule has 1 fully saturated rings. The Bertz CT molecular complexity index is 583. The summed E-state index contributed by atoms with van der Waals surface area (Å²) in [7, 11) is 0. The third-order valence-corrected chi connectivity index (χ3v) is 4.95. The molecule has 0 saturated carbocycles. The van der Waals surface area contributed by atoms with E-state index in [4.69, 9.17) is 0 Å². The number of ketones is 1. The van der Waals surface area contributed by atoms with Crippen LogP contribution in [0.4, 0.5) is 0 Å². The molecule has 0 unspecified atom stereocenters. The maximum absolute atomic E-state index is 12.3. The summed E-state index contributed by atoms with van der Waals surface area (Å²) >= 11 is 0. The van der Waals surface area contributed by atoms with Crippen molar-refractivity contribution in [3.8, 4) is 0 Å². The number of hydrogen-bond acceptors (Lipinski definition) is 3. The average molecular weight is 351 g/mol. The van der Waals surface area contributed by atoms with Gasteiger partial charge in [0.05, 0.1) is 0 Å². The lowest BCUT2D eigenvalue weighted by molar-refractivity contribution is -0.121. The van der Waals surface area contributed by atoms with Gasteiger partial charge in [0.2, 0.25) is 5.91 Å². The number of aryl methyl sites for hydroxylation is 2. The molecule has 1 aliphatic heterocycles. The minimum atomic E-state index is 0. The molecular weight excluding hydrogens is 324 g/mol. The molecule has 1 saturated heterocycles. The zero-order valence-corrected chi connectivity index (χ0v) is 14.9. The molecule has 5 heteroatoms. The first-order valence-corrected chi connectivity index (χ1v) is 8.87. The van der Waals surface area contributed by atoms with Crippen LogP contribution in [0.3, 0.4) is 0 Å². The fourth-order valence-corrected chi connectivity index (χ4v) is 3.54. The van der Waals surface area contributed by atoms with Crippen LogP contribution in [0.1, 0.15) is 60.0 Å². The molecule has 0 bridgehead atoms. The molecule has 1 aromatic carbocycles. The Balaban J connectivity index is 0.00000208. The summed E-state index contributed by atoms with van der Waals surface area (Å²) in [6.45, 7) is 1.91. The second-order valence-corrected chi connectivity index (χ2v) is 6.71. The van der Waals surface area contributed by atoms with E-state index in [9.17, 15) is 9.59 Å². The smallest absolute Gasteiger partial charge is 0.220 e. The Labute approximate surface area is 150 Å².